The molecule has 0 saturated heterocycles. The van der Waals surface area contributed by atoms with Gasteiger partial charge in [-0.3, -0.25) is 4.98 Å². The van der Waals surface area contributed by atoms with E-state index in [-0.39, 0.29) is 16.6 Å². The summed E-state index contributed by atoms with van der Waals surface area (Å²) >= 11 is 0. The summed E-state index contributed by atoms with van der Waals surface area (Å²) in [7, 11) is 0. The van der Waals surface area contributed by atoms with Crippen molar-refractivity contribution >= 4 is 39.1 Å². The highest BCUT2D eigenvalue weighted by atomic mass is 16.3. The van der Waals surface area contributed by atoms with Crippen LogP contribution in [0.15, 0.2) is 138 Å². The number of para-hydroxylation sites is 2. The lowest BCUT2D eigenvalue weighted by molar-refractivity contribution is 0.473. The third-order valence-corrected chi connectivity index (χ3v) is 10.4. The van der Waals surface area contributed by atoms with Crippen LogP contribution in [0.2, 0.25) is 0 Å². The van der Waals surface area contributed by atoms with Crippen molar-refractivity contribution in [2.24, 2.45) is 0 Å². The maximum atomic E-state index is 11.2. The Hall–Kier alpha value is -6.20. The Labute approximate surface area is 324 Å². The lowest BCUT2D eigenvalue weighted by atomic mass is 9.83. The van der Waals surface area contributed by atoms with E-state index in [0.29, 0.717) is 17.0 Å². The number of fused-ring (bicyclic) bond motifs is 2. The molecule has 8 rings (SSSR count). The summed E-state index contributed by atoms with van der Waals surface area (Å²) in [6.07, 6.45) is 1.94. The zero-order valence-electron chi connectivity index (χ0n) is 32.9. The summed E-state index contributed by atoms with van der Waals surface area (Å²) in [5, 5.41) is 12.3. The molecule has 2 aromatic heterocycles. The molecule has 5 heteroatoms. The maximum absolute atomic E-state index is 11.2. The van der Waals surface area contributed by atoms with E-state index in [9.17, 15) is 5.11 Å². The first-order valence-corrected chi connectivity index (χ1v) is 19.0. The summed E-state index contributed by atoms with van der Waals surface area (Å²) in [6, 6.07) is 44.1. The van der Waals surface area contributed by atoms with Gasteiger partial charge in [0.2, 0.25) is 5.89 Å². The number of hydrogen-bond acceptors (Lipinski definition) is 5. The molecule has 1 N–H and O–H groups in total. The Kier molecular flexibility index (Phi) is 8.84. The molecule has 8 aromatic rings. The number of phenols is 1. The van der Waals surface area contributed by atoms with Crippen molar-refractivity contribution in [2.75, 3.05) is 4.90 Å². The van der Waals surface area contributed by atoms with Crippen LogP contribution in [-0.4, -0.2) is 15.1 Å². The Morgan fingerprint density at radius 1 is 0.564 bits per heavy atom. The van der Waals surface area contributed by atoms with Gasteiger partial charge in [-0.1, -0.05) is 96.1 Å². The molecule has 0 aliphatic rings. The fraction of sp³-hybridized carbons (Fsp3) is 0.200. The zero-order valence-corrected chi connectivity index (χ0v) is 32.9. The number of aromatic hydroxyl groups is 1. The molecule has 0 spiro atoms. The van der Waals surface area contributed by atoms with E-state index in [0.717, 1.165) is 61.5 Å². The van der Waals surface area contributed by atoms with Gasteiger partial charge in [-0.25, -0.2) is 4.98 Å². The van der Waals surface area contributed by atoms with E-state index < -0.39 is 0 Å². The molecule has 0 saturated carbocycles. The molecule has 0 fully saturated rings. The number of benzene rings is 6. The molecule has 0 aliphatic carbocycles. The van der Waals surface area contributed by atoms with Gasteiger partial charge < -0.3 is 14.4 Å². The first kappa shape index (κ1) is 35.8. The van der Waals surface area contributed by atoms with Gasteiger partial charge in [0, 0.05) is 40.2 Å². The van der Waals surface area contributed by atoms with Crippen molar-refractivity contribution in [3.63, 3.8) is 0 Å². The van der Waals surface area contributed by atoms with Crippen LogP contribution in [0.3, 0.4) is 0 Å². The van der Waals surface area contributed by atoms with Crippen molar-refractivity contribution in [3.05, 3.63) is 156 Å². The van der Waals surface area contributed by atoms with Gasteiger partial charge in [-0.2, -0.15) is 0 Å². The predicted molar refractivity (Wildman–Crippen MR) is 229 cm³/mol. The van der Waals surface area contributed by atoms with Crippen molar-refractivity contribution < 1.29 is 9.52 Å². The number of oxazole rings is 1. The number of phenolic OH excluding ortho intramolecular Hbond substituents is 1. The lowest BCUT2D eigenvalue weighted by Crippen LogP contribution is -2.12. The highest BCUT2D eigenvalue weighted by Crippen LogP contribution is 2.44. The first-order valence-electron chi connectivity index (χ1n) is 19.0. The van der Waals surface area contributed by atoms with Gasteiger partial charge in [0.25, 0.3) is 0 Å². The Morgan fingerprint density at radius 2 is 1.18 bits per heavy atom. The van der Waals surface area contributed by atoms with Crippen molar-refractivity contribution in [3.8, 4) is 39.5 Å². The van der Waals surface area contributed by atoms with Crippen LogP contribution in [0.4, 0.5) is 17.1 Å². The first-order chi connectivity index (χ1) is 26.2. The molecule has 0 bridgehead atoms. The van der Waals surface area contributed by atoms with Gasteiger partial charge in [0.1, 0.15) is 11.3 Å². The summed E-state index contributed by atoms with van der Waals surface area (Å²) in [5.41, 5.74) is 14.5. The smallest absolute Gasteiger partial charge is 0.231 e. The minimum absolute atomic E-state index is 0.0368. The number of hydrogen-bond donors (Lipinski definition) is 1. The number of aromatic nitrogens is 2. The van der Waals surface area contributed by atoms with Crippen molar-refractivity contribution in [1.82, 2.24) is 9.97 Å². The van der Waals surface area contributed by atoms with E-state index in [4.69, 9.17) is 14.4 Å². The number of nitrogens with zero attached hydrogens (tertiary/aromatic N) is 3. The highest BCUT2D eigenvalue weighted by Gasteiger charge is 2.24. The topological polar surface area (TPSA) is 62.4 Å². The molecule has 274 valence electrons. The van der Waals surface area contributed by atoms with Crippen LogP contribution in [0.25, 0.3) is 55.7 Å². The SMILES string of the molecule is Cc1cc(-c2cc(N(c3ccccc3)c3ccccc3)cc3oc(-c4cc(C(C)(C)C)ccc4O)nc23)cc(-c2cc(C)cc3c(C(C)(C)C)ccnc23)c1. The summed E-state index contributed by atoms with van der Waals surface area (Å²) in [5.74, 6) is 0.502. The quantitative estimate of drug-likeness (QED) is 0.185. The minimum Gasteiger partial charge on any atom is -0.507 e. The average Bonchev–Trinajstić information content (AvgIpc) is 3.58. The minimum atomic E-state index is -0.126. The molecule has 0 aliphatic heterocycles. The number of pyridine rings is 1. The predicted octanol–water partition coefficient (Wildman–Crippen LogP) is 13.8. The van der Waals surface area contributed by atoms with Gasteiger partial charge in [0.15, 0.2) is 5.58 Å². The average molecular weight is 722 g/mol. The zero-order chi connectivity index (χ0) is 38.6. The van der Waals surface area contributed by atoms with E-state index in [1.54, 1.807) is 6.07 Å². The Bertz CT molecular complexity index is 2660. The summed E-state index contributed by atoms with van der Waals surface area (Å²) in [6.45, 7) is 17.6. The van der Waals surface area contributed by atoms with Crippen LogP contribution >= 0.6 is 0 Å². The fourth-order valence-corrected chi connectivity index (χ4v) is 7.62. The van der Waals surface area contributed by atoms with E-state index in [1.807, 2.05) is 30.5 Å². The monoisotopic (exact) mass is 721 g/mol. The molecule has 55 heavy (non-hydrogen) atoms. The molecule has 0 unspecified atom stereocenters. The third kappa shape index (κ3) is 6.87. The second kappa shape index (κ2) is 13.6. The molecule has 5 nitrogen and oxygen atoms in total. The van der Waals surface area contributed by atoms with Gasteiger partial charge in [-0.15, -0.1) is 0 Å². The second-order valence-electron chi connectivity index (χ2n) is 16.8. The van der Waals surface area contributed by atoms with Crippen LogP contribution in [0, 0.1) is 13.8 Å². The van der Waals surface area contributed by atoms with Crippen LogP contribution in [-0.2, 0) is 10.8 Å². The van der Waals surface area contributed by atoms with Gasteiger partial charge >= 0.3 is 0 Å². The Morgan fingerprint density at radius 3 is 1.80 bits per heavy atom. The maximum Gasteiger partial charge on any atom is 0.231 e. The van der Waals surface area contributed by atoms with E-state index in [1.165, 1.54) is 16.5 Å². The standard InChI is InChI=1S/C50H47N3O2/c1-31-23-33(39-25-32(2)26-41-43(50(6,7)8)21-22-51-46(39)41)27-34(24-31)40-29-38(53(36-15-11-9-12-16-36)37-17-13-10-14-18-37)30-45-47(40)52-48(55-45)42-28-35(49(3,4)5)19-20-44(42)54/h9-30,54H,1-8H3. The largest absolute Gasteiger partial charge is 0.507 e. The molecule has 0 amide bonds. The van der Waals surface area contributed by atoms with Crippen molar-refractivity contribution in [2.45, 2.75) is 66.2 Å². The summed E-state index contributed by atoms with van der Waals surface area (Å²) in [4.78, 5) is 12.4. The second-order valence-corrected chi connectivity index (χ2v) is 16.8. The summed E-state index contributed by atoms with van der Waals surface area (Å²) < 4.78 is 6.68. The molecule has 6 aromatic carbocycles. The van der Waals surface area contributed by atoms with Crippen LogP contribution in [0.5, 0.6) is 5.75 Å². The normalized spacial score (nSPS) is 12.1. The number of aryl methyl sites for hydroxylation is 2. The molecule has 0 radical (unpaired) electrons. The van der Waals surface area contributed by atoms with E-state index in [2.05, 4.69) is 157 Å². The molecule has 0 atom stereocenters. The number of anilines is 3. The van der Waals surface area contributed by atoms with Crippen molar-refractivity contribution in [1.29, 1.82) is 0 Å². The van der Waals surface area contributed by atoms with E-state index >= 15 is 0 Å². The molecule has 2 heterocycles. The molecular weight excluding hydrogens is 675 g/mol. The number of rotatable bonds is 6. The van der Waals surface area contributed by atoms with Gasteiger partial charge in [0.05, 0.1) is 16.8 Å². The third-order valence-electron chi connectivity index (χ3n) is 10.4. The Balaban J connectivity index is 1.40. The fourth-order valence-electron chi connectivity index (χ4n) is 7.62. The van der Waals surface area contributed by atoms with Crippen LogP contribution in [0.1, 0.15) is 63.8 Å². The van der Waals surface area contributed by atoms with Gasteiger partial charge in [-0.05, 0) is 125 Å². The highest BCUT2D eigenvalue weighted by molar-refractivity contribution is 6.00. The van der Waals surface area contributed by atoms with Crippen LogP contribution < -0.4 is 4.90 Å². The molecular formula is C50H47N3O2. The lowest BCUT2D eigenvalue weighted by Gasteiger charge is -2.26.